The number of rotatable bonds is 7. The number of ether oxygens (including phenoxy) is 1. The summed E-state index contributed by atoms with van der Waals surface area (Å²) in [6.45, 7) is 2.39. The van der Waals surface area contributed by atoms with Crippen molar-refractivity contribution >= 4 is 34.6 Å². The lowest BCUT2D eigenvalue weighted by molar-refractivity contribution is -0.192. The molecule has 1 saturated heterocycles. The van der Waals surface area contributed by atoms with Crippen LogP contribution in [0.2, 0.25) is 0 Å². The lowest BCUT2D eigenvalue weighted by Gasteiger charge is -2.18. The largest absolute Gasteiger partial charge is 0.490 e. The molecule has 4 aromatic rings. The number of aromatic nitrogens is 1. The first-order chi connectivity index (χ1) is 21.4. The average molecular weight is 629 g/mol. The van der Waals surface area contributed by atoms with Gasteiger partial charge in [-0.2, -0.15) is 13.2 Å². The third-order valence-corrected chi connectivity index (χ3v) is 6.79. The zero-order valence-electron chi connectivity index (χ0n) is 23.6. The van der Waals surface area contributed by atoms with Gasteiger partial charge in [0.2, 0.25) is 5.91 Å². The van der Waals surface area contributed by atoms with Gasteiger partial charge in [0.25, 0.3) is 11.8 Å². The molecule has 3 heterocycles. The Morgan fingerprint density at radius 2 is 1.73 bits per heavy atom. The first-order valence-electron chi connectivity index (χ1n) is 13.3. The molecule has 3 amide bonds. The molecule has 1 aliphatic rings. The van der Waals surface area contributed by atoms with Crippen molar-refractivity contribution in [3.05, 3.63) is 95.6 Å². The highest BCUT2D eigenvalue weighted by atomic mass is 19.4. The summed E-state index contributed by atoms with van der Waals surface area (Å²) in [5, 5.41) is 20.1. The molecule has 2 atom stereocenters. The Morgan fingerprint density at radius 1 is 1.04 bits per heavy atom. The van der Waals surface area contributed by atoms with Gasteiger partial charge >= 0.3 is 12.1 Å². The number of likely N-dealkylation sites (tertiary alicyclic amines) is 1. The summed E-state index contributed by atoms with van der Waals surface area (Å²) in [7, 11) is 0. The van der Waals surface area contributed by atoms with Gasteiger partial charge in [0.15, 0.2) is 5.76 Å². The predicted molar refractivity (Wildman–Crippen MR) is 150 cm³/mol. The van der Waals surface area contributed by atoms with Gasteiger partial charge in [-0.05, 0) is 55.5 Å². The van der Waals surface area contributed by atoms with Gasteiger partial charge in [-0.3, -0.25) is 24.6 Å². The highest BCUT2D eigenvalue weighted by molar-refractivity contribution is 5.96. The average Bonchev–Trinajstić information content (AvgIpc) is 3.70. The summed E-state index contributed by atoms with van der Waals surface area (Å²) in [6.07, 6.45) is -3.70. The van der Waals surface area contributed by atoms with Crippen LogP contribution in [0, 0.1) is 12.8 Å². The van der Waals surface area contributed by atoms with Crippen LogP contribution in [0.25, 0.3) is 10.9 Å². The van der Waals surface area contributed by atoms with Crippen molar-refractivity contribution in [3.63, 3.8) is 0 Å². The maximum atomic E-state index is 13.0. The second-order valence-corrected chi connectivity index (χ2v) is 9.91. The van der Waals surface area contributed by atoms with Crippen LogP contribution < -0.4 is 15.5 Å². The normalized spacial score (nSPS) is 16.0. The number of fused-ring (bicyclic) bond motifs is 1. The topological polar surface area (TPSA) is 171 Å². The second-order valence-electron chi connectivity index (χ2n) is 9.91. The molecule has 0 saturated carbocycles. The molecule has 1 aliphatic heterocycles. The fraction of sp³-hybridized carbons (Fsp3) is 0.233. The summed E-state index contributed by atoms with van der Waals surface area (Å²) in [6, 6.07) is 18.9. The van der Waals surface area contributed by atoms with Crippen molar-refractivity contribution < 1.29 is 51.8 Å². The number of carbonyl (C=O) groups is 4. The minimum atomic E-state index is -5.08. The van der Waals surface area contributed by atoms with Gasteiger partial charge in [-0.1, -0.05) is 18.2 Å². The third-order valence-electron chi connectivity index (χ3n) is 6.79. The Kier molecular flexibility index (Phi) is 10.0. The molecule has 0 aliphatic carbocycles. The Labute approximate surface area is 253 Å². The Balaban J connectivity index is 0.000000591. The zero-order chi connectivity index (χ0) is 32.7. The molecule has 2 aromatic heterocycles. The van der Waals surface area contributed by atoms with Crippen LogP contribution in [0.1, 0.15) is 32.2 Å². The number of alkyl halides is 3. The van der Waals surface area contributed by atoms with E-state index in [2.05, 4.69) is 10.3 Å². The van der Waals surface area contributed by atoms with Crippen LogP contribution in [0.4, 0.5) is 13.2 Å². The number of aliphatic carboxylic acids is 1. The first kappa shape index (κ1) is 32.5. The van der Waals surface area contributed by atoms with Crippen LogP contribution >= 0.6 is 0 Å². The van der Waals surface area contributed by atoms with E-state index in [1.54, 1.807) is 35.8 Å². The number of carboxylic acids is 1. The van der Waals surface area contributed by atoms with E-state index in [1.807, 2.05) is 37.3 Å². The number of carbonyl (C=O) groups excluding carboxylic acids is 3. The molecule has 5 rings (SSSR count). The maximum Gasteiger partial charge on any atom is 0.490 e. The standard InChI is InChI=1S/C28H26N4O6.C2HF3O2/c1-17-13-19(21-5-2-3-6-23(21)29-17)16-38-20-10-8-18(9-11-20)26(33)30-24-15-32(14-22(24)27(34)31-36)28(35)25-7-4-12-37-25;3-2(4,5)1(6)7/h2-13,22,24,36H,14-16H2,1H3,(H,30,33)(H,31,34);(H,6,7)/t22-,24+;/m0./s1. The molecule has 15 heteroatoms. The van der Waals surface area contributed by atoms with E-state index in [9.17, 15) is 27.6 Å². The van der Waals surface area contributed by atoms with Gasteiger partial charge in [0.05, 0.1) is 23.7 Å². The monoisotopic (exact) mass is 628 g/mol. The number of hydroxylamine groups is 1. The minimum Gasteiger partial charge on any atom is -0.489 e. The number of para-hydroxylation sites is 1. The molecule has 0 radical (unpaired) electrons. The molecule has 2 aromatic carbocycles. The Hall–Kier alpha value is -5.44. The van der Waals surface area contributed by atoms with Gasteiger partial charge in [0.1, 0.15) is 12.4 Å². The number of amides is 3. The van der Waals surface area contributed by atoms with Gasteiger partial charge in [-0.15, -0.1) is 0 Å². The smallest absolute Gasteiger partial charge is 0.489 e. The lowest BCUT2D eigenvalue weighted by atomic mass is 10.0. The van der Waals surface area contributed by atoms with E-state index >= 15 is 0 Å². The second kappa shape index (κ2) is 13.9. The van der Waals surface area contributed by atoms with E-state index in [4.69, 9.17) is 24.3 Å². The number of hydrogen-bond acceptors (Lipinski definition) is 8. The van der Waals surface area contributed by atoms with Crippen molar-refractivity contribution in [2.24, 2.45) is 5.92 Å². The van der Waals surface area contributed by atoms with Gasteiger partial charge < -0.3 is 24.5 Å². The fourth-order valence-corrected chi connectivity index (χ4v) is 4.65. The van der Waals surface area contributed by atoms with Crippen molar-refractivity contribution in [1.29, 1.82) is 0 Å². The molecule has 12 nitrogen and oxygen atoms in total. The zero-order valence-corrected chi connectivity index (χ0v) is 23.6. The predicted octanol–water partition coefficient (Wildman–Crippen LogP) is 3.72. The number of hydrogen-bond donors (Lipinski definition) is 4. The summed E-state index contributed by atoms with van der Waals surface area (Å²) in [5.41, 5.74) is 4.80. The van der Waals surface area contributed by atoms with E-state index in [1.165, 1.54) is 17.2 Å². The summed E-state index contributed by atoms with van der Waals surface area (Å²) >= 11 is 0. The third kappa shape index (κ3) is 8.14. The number of benzene rings is 2. The first-order valence-corrected chi connectivity index (χ1v) is 13.3. The highest BCUT2D eigenvalue weighted by Gasteiger charge is 2.41. The molecule has 0 spiro atoms. The maximum absolute atomic E-state index is 13.0. The fourth-order valence-electron chi connectivity index (χ4n) is 4.65. The van der Waals surface area contributed by atoms with Crippen LogP contribution in [0.3, 0.4) is 0 Å². The number of pyridine rings is 1. The van der Waals surface area contributed by atoms with E-state index in [0.29, 0.717) is 17.9 Å². The molecular formula is C30H27F3N4O8. The molecule has 1 fully saturated rings. The number of nitrogens with zero attached hydrogens (tertiary/aromatic N) is 2. The lowest BCUT2D eigenvalue weighted by Crippen LogP contribution is -2.45. The van der Waals surface area contributed by atoms with Gasteiger partial charge in [0, 0.05) is 35.3 Å². The molecule has 0 unspecified atom stereocenters. The molecule has 236 valence electrons. The highest BCUT2D eigenvalue weighted by Crippen LogP contribution is 2.23. The van der Waals surface area contributed by atoms with Crippen molar-refractivity contribution in [2.75, 3.05) is 13.1 Å². The van der Waals surface area contributed by atoms with Gasteiger partial charge in [-0.25, -0.2) is 10.3 Å². The molecule has 45 heavy (non-hydrogen) atoms. The number of furan rings is 1. The molecule has 0 bridgehead atoms. The minimum absolute atomic E-state index is 0.0206. The Bertz CT molecular complexity index is 1680. The summed E-state index contributed by atoms with van der Waals surface area (Å²) in [4.78, 5) is 52.7. The Morgan fingerprint density at radius 3 is 2.36 bits per heavy atom. The van der Waals surface area contributed by atoms with E-state index in [-0.39, 0.29) is 18.8 Å². The molecule has 4 N–H and O–H groups in total. The van der Waals surface area contributed by atoms with Crippen molar-refractivity contribution in [3.8, 4) is 5.75 Å². The quantitative estimate of drug-likeness (QED) is 0.176. The number of nitrogens with one attached hydrogen (secondary N) is 2. The van der Waals surface area contributed by atoms with Crippen LogP contribution in [-0.4, -0.2) is 69.2 Å². The van der Waals surface area contributed by atoms with E-state index in [0.717, 1.165) is 22.2 Å². The van der Waals surface area contributed by atoms with Crippen LogP contribution in [-0.2, 0) is 16.2 Å². The van der Waals surface area contributed by atoms with E-state index < -0.39 is 41.8 Å². The molecular weight excluding hydrogens is 601 g/mol. The number of carboxylic acid groups (broad SMARTS) is 1. The number of aryl methyl sites for hydroxylation is 1. The summed E-state index contributed by atoms with van der Waals surface area (Å²) < 4.78 is 42.9. The van der Waals surface area contributed by atoms with Crippen molar-refractivity contribution in [2.45, 2.75) is 25.7 Å². The number of halogens is 3. The van der Waals surface area contributed by atoms with Crippen molar-refractivity contribution in [1.82, 2.24) is 20.7 Å². The van der Waals surface area contributed by atoms with Crippen LogP contribution in [0.15, 0.2) is 77.4 Å². The SMILES string of the molecule is Cc1cc(COc2ccc(C(=O)N[C@@H]3CN(C(=O)c4ccco4)C[C@@H]3C(=O)NO)cc2)c2ccccc2n1.O=C(O)C(F)(F)F. The van der Waals surface area contributed by atoms with Crippen LogP contribution in [0.5, 0.6) is 5.75 Å². The summed E-state index contributed by atoms with van der Waals surface area (Å²) in [5.74, 6) is -4.37.